The Morgan fingerprint density at radius 2 is 2.21 bits per heavy atom. The molecule has 0 aliphatic carbocycles. The van der Waals surface area contributed by atoms with Gasteiger partial charge in [-0.1, -0.05) is 20.3 Å². The lowest BCUT2D eigenvalue weighted by Crippen LogP contribution is -2.38. The van der Waals surface area contributed by atoms with Crippen LogP contribution in [0.1, 0.15) is 56.6 Å². The van der Waals surface area contributed by atoms with Crippen molar-refractivity contribution >= 4 is 0 Å². The molecule has 0 bridgehead atoms. The van der Waals surface area contributed by atoms with Crippen LogP contribution in [0.2, 0.25) is 0 Å². The van der Waals surface area contributed by atoms with Gasteiger partial charge in [0.05, 0.1) is 6.54 Å². The molecule has 2 rings (SSSR count). The largest absolute Gasteiger partial charge is 0.465 e. The first kappa shape index (κ1) is 14.6. The highest BCUT2D eigenvalue weighted by molar-refractivity contribution is 5.21. The first-order chi connectivity index (χ1) is 9.24. The normalized spacial score (nSPS) is 20.9. The number of rotatable bonds is 6. The van der Waals surface area contributed by atoms with Crippen LogP contribution in [0.15, 0.2) is 10.5 Å². The van der Waals surface area contributed by atoms with Gasteiger partial charge in [0.1, 0.15) is 11.5 Å². The molecule has 108 valence electrons. The number of nitrogens with zero attached hydrogens (tertiary/aromatic N) is 1. The first-order valence-corrected chi connectivity index (χ1v) is 7.77. The monoisotopic (exact) mass is 264 g/mol. The highest BCUT2D eigenvalue weighted by Gasteiger charge is 2.22. The van der Waals surface area contributed by atoms with Crippen molar-refractivity contribution < 1.29 is 4.42 Å². The second-order valence-corrected chi connectivity index (χ2v) is 5.60. The molecule has 0 spiro atoms. The van der Waals surface area contributed by atoms with Gasteiger partial charge in [0.2, 0.25) is 0 Å². The van der Waals surface area contributed by atoms with Gasteiger partial charge in [-0.3, -0.25) is 4.90 Å². The van der Waals surface area contributed by atoms with Gasteiger partial charge in [-0.05, 0) is 45.3 Å². The zero-order valence-corrected chi connectivity index (χ0v) is 12.7. The second kappa shape index (κ2) is 7.11. The van der Waals surface area contributed by atoms with Crippen molar-refractivity contribution in [3.05, 3.63) is 23.2 Å². The van der Waals surface area contributed by atoms with Gasteiger partial charge in [0, 0.05) is 18.2 Å². The molecule has 0 radical (unpaired) electrons. The minimum absolute atomic E-state index is 0.764. The maximum Gasteiger partial charge on any atom is 0.118 e. The van der Waals surface area contributed by atoms with E-state index in [0.29, 0.717) is 0 Å². The molecule has 1 atom stereocenters. The predicted octanol–water partition coefficient (Wildman–Crippen LogP) is 3.46. The summed E-state index contributed by atoms with van der Waals surface area (Å²) in [5, 5.41) is 3.32. The van der Waals surface area contributed by atoms with Crippen molar-refractivity contribution in [2.24, 2.45) is 0 Å². The summed E-state index contributed by atoms with van der Waals surface area (Å²) in [5.74, 6) is 2.16. The fourth-order valence-corrected chi connectivity index (χ4v) is 3.03. The topological polar surface area (TPSA) is 28.4 Å². The lowest BCUT2D eigenvalue weighted by Gasteiger charge is -2.35. The average Bonchev–Trinajstić information content (AvgIpc) is 2.77. The van der Waals surface area contributed by atoms with E-state index in [4.69, 9.17) is 4.42 Å². The number of hydrogen-bond donors (Lipinski definition) is 1. The summed E-state index contributed by atoms with van der Waals surface area (Å²) < 4.78 is 5.84. The summed E-state index contributed by atoms with van der Waals surface area (Å²) in [6.07, 6.45) is 5.36. The molecule has 3 nitrogen and oxygen atoms in total. The van der Waals surface area contributed by atoms with Crippen LogP contribution < -0.4 is 5.32 Å². The van der Waals surface area contributed by atoms with E-state index < -0.39 is 0 Å². The molecule has 1 saturated heterocycles. The predicted molar refractivity (Wildman–Crippen MR) is 79.2 cm³/mol. The van der Waals surface area contributed by atoms with Gasteiger partial charge in [0.15, 0.2) is 0 Å². The molecule has 1 unspecified atom stereocenters. The molecule has 1 fully saturated rings. The van der Waals surface area contributed by atoms with E-state index in [0.717, 1.165) is 37.2 Å². The van der Waals surface area contributed by atoms with Crippen molar-refractivity contribution in [1.82, 2.24) is 10.2 Å². The van der Waals surface area contributed by atoms with Crippen LogP contribution in [0.5, 0.6) is 0 Å². The second-order valence-electron chi connectivity index (χ2n) is 5.60. The Morgan fingerprint density at radius 1 is 1.37 bits per heavy atom. The summed E-state index contributed by atoms with van der Waals surface area (Å²) in [6, 6.07) is 3.00. The Labute approximate surface area is 117 Å². The Balaban J connectivity index is 1.99. The maximum atomic E-state index is 5.84. The molecule has 3 heteroatoms. The summed E-state index contributed by atoms with van der Waals surface area (Å²) >= 11 is 0. The van der Waals surface area contributed by atoms with E-state index in [1.54, 1.807) is 0 Å². The Bertz CT molecular complexity index is 386. The number of aryl methyl sites for hydroxylation is 1. The van der Waals surface area contributed by atoms with Gasteiger partial charge in [-0.2, -0.15) is 0 Å². The summed E-state index contributed by atoms with van der Waals surface area (Å²) in [4.78, 5) is 2.64. The quantitative estimate of drug-likeness (QED) is 0.853. The summed E-state index contributed by atoms with van der Waals surface area (Å²) in [7, 11) is 0. The molecule has 1 aliphatic heterocycles. The highest BCUT2D eigenvalue weighted by Crippen LogP contribution is 2.24. The molecule has 1 aliphatic rings. The van der Waals surface area contributed by atoms with Crippen molar-refractivity contribution in [2.75, 3.05) is 13.1 Å². The fourth-order valence-electron chi connectivity index (χ4n) is 3.03. The van der Waals surface area contributed by atoms with Crippen molar-refractivity contribution in [3.8, 4) is 0 Å². The fraction of sp³-hybridized carbons (Fsp3) is 0.750. The van der Waals surface area contributed by atoms with Gasteiger partial charge in [-0.15, -0.1) is 0 Å². The van der Waals surface area contributed by atoms with Crippen LogP contribution >= 0.6 is 0 Å². The molecule has 0 aromatic carbocycles. The third kappa shape index (κ3) is 3.83. The van der Waals surface area contributed by atoms with Crippen LogP contribution in [0.3, 0.4) is 0 Å². The Hall–Kier alpha value is -0.800. The molecule has 19 heavy (non-hydrogen) atoms. The van der Waals surface area contributed by atoms with Crippen LogP contribution in [-0.4, -0.2) is 24.0 Å². The first-order valence-electron chi connectivity index (χ1n) is 7.77. The van der Waals surface area contributed by atoms with Gasteiger partial charge < -0.3 is 9.73 Å². The zero-order chi connectivity index (χ0) is 13.7. The van der Waals surface area contributed by atoms with Crippen LogP contribution in [-0.2, 0) is 13.1 Å². The SMILES string of the molecule is CCNCc1cc(CN2CCCCC2CC)c(C)o1. The third-order valence-electron chi connectivity index (χ3n) is 4.21. The molecule has 0 saturated carbocycles. The standard InChI is InChI=1S/C16H28N2O/c1-4-15-8-6-7-9-18(15)12-14-10-16(11-17-5-2)19-13(14)3/h10,15,17H,4-9,11-12H2,1-3H3. The van der Waals surface area contributed by atoms with E-state index in [2.05, 4.69) is 37.1 Å². The van der Waals surface area contributed by atoms with Crippen LogP contribution in [0, 0.1) is 6.92 Å². The van der Waals surface area contributed by atoms with Crippen molar-refractivity contribution in [1.29, 1.82) is 0 Å². The number of furan rings is 1. The molecule has 1 aromatic rings. The van der Waals surface area contributed by atoms with Gasteiger partial charge in [0.25, 0.3) is 0 Å². The highest BCUT2D eigenvalue weighted by atomic mass is 16.3. The summed E-state index contributed by atoms with van der Waals surface area (Å²) in [6.45, 7) is 10.6. The van der Waals surface area contributed by atoms with E-state index in [9.17, 15) is 0 Å². The lowest BCUT2D eigenvalue weighted by atomic mass is 9.99. The summed E-state index contributed by atoms with van der Waals surface area (Å²) in [5.41, 5.74) is 1.37. The third-order valence-corrected chi connectivity index (χ3v) is 4.21. The molecule has 1 aromatic heterocycles. The van der Waals surface area contributed by atoms with E-state index in [-0.39, 0.29) is 0 Å². The van der Waals surface area contributed by atoms with Crippen LogP contribution in [0.4, 0.5) is 0 Å². The maximum absolute atomic E-state index is 5.84. The van der Waals surface area contributed by atoms with Crippen molar-refractivity contribution in [2.45, 2.75) is 65.6 Å². The number of nitrogens with one attached hydrogen (secondary N) is 1. The average molecular weight is 264 g/mol. The number of likely N-dealkylation sites (tertiary alicyclic amines) is 1. The smallest absolute Gasteiger partial charge is 0.118 e. The van der Waals surface area contributed by atoms with E-state index >= 15 is 0 Å². The Kier molecular flexibility index (Phi) is 5.46. The molecular formula is C16H28N2O. The number of hydrogen-bond acceptors (Lipinski definition) is 3. The zero-order valence-electron chi connectivity index (χ0n) is 12.7. The minimum Gasteiger partial charge on any atom is -0.465 e. The van der Waals surface area contributed by atoms with Crippen molar-refractivity contribution in [3.63, 3.8) is 0 Å². The molecule has 0 amide bonds. The van der Waals surface area contributed by atoms with E-state index in [1.807, 2.05) is 0 Å². The Morgan fingerprint density at radius 3 is 2.95 bits per heavy atom. The van der Waals surface area contributed by atoms with Gasteiger partial charge >= 0.3 is 0 Å². The molecular weight excluding hydrogens is 236 g/mol. The number of piperidine rings is 1. The van der Waals surface area contributed by atoms with E-state index in [1.165, 1.54) is 37.8 Å². The minimum atomic E-state index is 0.764. The molecule has 2 heterocycles. The van der Waals surface area contributed by atoms with Crippen LogP contribution in [0.25, 0.3) is 0 Å². The lowest BCUT2D eigenvalue weighted by molar-refractivity contribution is 0.135. The van der Waals surface area contributed by atoms with Gasteiger partial charge in [-0.25, -0.2) is 0 Å². The molecule has 1 N–H and O–H groups in total.